The quantitative estimate of drug-likeness (QED) is 0.943. The molecule has 0 fully saturated rings. The lowest BCUT2D eigenvalue weighted by Gasteiger charge is -2.19. The fourth-order valence-corrected chi connectivity index (χ4v) is 1.93. The van der Waals surface area contributed by atoms with Crippen molar-refractivity contribution in [3.8, 4) is 11.3 Å². The van der Waals surface area contributed by atoms with Gasteiger partial charge in [0, 0.05) is 12.1 Å². The molecular formula is C16H22N4O2. The van der Waals surface area contributed by atoms with Crippen molar-refractivity contribution in [3.05, 3.63) is 36.0 Å². The molecule has 0 atom stereocenters. The van der Waals surface area contributed by atoms with E-state index in [1.165, 1.54) is 5.56 Å². The van der Waals surface area contributed by atoms with Crippen LogP contribution in [0.5, 0.6) is 0 Å². The van der Waals surface area contributed by atoms with Gasteiger partial charge in [-0.25, -0.2) is 4.79 Å². The average Bonchev–Trinajstić information content (AvgIpc) is 2.85. The maximum Gasteiger partial charge on any atom is 0.407 e. The van der Waals surface area contributed by atoms with Crippen molar-refractivity contribution in [1.82, 2.24) is 20.3 Å². The number of carbonyl (C=O) groups is 1. The third kappa shape index (κ3) is 4.87. The van der Waals surface area contributed by atoms with Crippen LogP contribution in [-0.2, 0) is 11.3 Å². The summed E-state index contributed by atoms with van der Waals surface area (Å²) >= 11 is 0. The van der Waals surface area contributed by atoms with Crippen molar-refractivity contribution in [2.75, 3.05) is 6.54 Å². The molecule has 6 heteroatoms. The SMILES string of the molecule is Cc1cccc(-c2cn(CCNC(=O)OC(C)(C)C)nn2)c1. The molecule has 1 N–H and O–H groups in total. The Morgan fingerprint density at radius 2 is 2.14 bits per heavy atom. The molecule has 0 saturated heterocycles. The van der Waals surface area contributed by atoms with Crippen molar-refractivity contribution in [2.24, 2.45) is 0 Å². The van der Waals surface area contributed by atoms with E-state index in [9.17, 15) is 4.79 Å². The summed E-state index contributed by atoms with van der Waals surface area (Å²) in [5, 5.41) is 10.9. The minimum atomic E-state index is -0.490. The zero-order chi connectivity index (χ0) is 16.2. The first-order chi connectivity index (χ1) is 10.3. The zero-order valence-electron chi connectivity index (χ0n) is 13.5. The van der Waals surface area contributed by atoms with Gasteiger partial charge in [-0.2, -0.15) is 0 Å². The number of alkyl carbamates (subject to hydrolysis) is 1. The van der Waals surface area contributed by atoms with E-state index in [-0.39, 0.29) is 0 Å². The van der Waals surface area contributed by atoms with Gasteiger partial charge in [0.2, 0.25) is 0 Å². The van der Waals surface area contributed by atoms with Crippen LogP contribution in [0.1, 0.15) is 26.3 Å². The molecule has 0 aliphatic carbocycles. The van der Waals surface area contributed by atoms with Crippen LogP contribution in [0.25, 0.3) is 11.3 Å². The number of aromatic nitrogens is 3. The summed E-state index contributed by atoms with van der Waals surface area (Å²) in [7, 11) is 0. The van der Waals surface area contributed by atoms with Gasteiger partial charge >= 0.3 is 6.09 Å². The summed E-state index contributed by atoms with van der Waals surface area (Å²) in [5.41, 5.74) is 2.54. The number of amides is 1. The summed E-state index contributed by atoms with van der Waals surface area (Å²) in [6.07, 6.45) is 1.44. The largest absolute Gasteiger partial charge is 0.444 e. The first-order valence-corrected chi connectivity index (χ1v) is 7.27. The Morgan fingerprint density at radius 3 is 2.82 bits per heavy atom. The van der Waals surface area contributed by atoms with Crippen molar-refractivity contribution in [1.29, 1.82) is 0 Å². The number of benzene rings is 1. The molecule has 2 aromatic rings. The van der Waals surface area contributed by atoms with Gasteiger partial charge in [-0.15, -0.1) is 5.10 Å². The number of nitrogens with zero attached hydrogens (tertiary/aromatic N) is 3. The Hall–Kier alpha value is -2.37. The monoisotopic (exact) mass is 302 g/mol. The van der Waals surface area contributed by atoms with E-state index in [1.54, 1.807) is 4.68 Å². The molecule has 1 amide bonds. The van der Waals surface area contributed by atoms with Gasteiger partial charge in [0.05, 0.1) is 12.7 Å². The lowest BCUT2D eigenvalue weighted by Crippen LogP contribution is -2.34. The van der Waals surface area contributed by atoms with Crippen LogP contribution >= 0.6 is 0 Å². The first kappa shape index (κ1) is 16.0. The topological polar surface area (TPSA) is 69.0 Å². The summed E-state index contributed by atoms with van der Waals surface area (Å²) in [4.78, 5) is 11.5. The van der Waals surface area contributed by atoms with Gasteiger partial charge in [0.15, 0.2) is 0 Å². The Morgan fingerprint density at radius 1 is 1.36 bits per heavy atom. The van der Waals surface area contributed by atoms with Crippen molar-refractivity contribution in [3.63, 3.8) is 0 Å². The van der Waals surface area contributed by atoms with Gasteiger partial charge < -0.3 is 10.1 Å². The van der Waals surface area contributed by atoms with E-state index < -0.39 is 11.7 Å². The number of aryl methyl sites for hydroxylation is 1. The van der Waals surface area contributed by atoms with Crippen LogP contribution in [0.3, 0.4) is 0 Å². The molecule has 118 valence electrons. The van der Waals surface area contributed by atoms with Gasteiger partial charge in [0.1, 0.15) is 11.3 Å². The molecule has 0 bridgehead atoms. The van der Waals surface area contributed by atoms with E-state index in [2.05, 4.69) is 21.7 Å². The van der Waals surface area contributed by atoms with Crippen LogP contribution < -0.4 is 5.32 Å². The molecule has 0 radical (unpaired) electrons. The van der Waals surface area contributed by atoms with Gasteiger partial charge in [-0.3, -0.25) is 4.68 Å². The second kappa shape index (κ2) is 6.60. The minimum Gasteiger partial charge on any atom is -0.444 e. The van der Waals surface area contributed by atoms with E-state index in [0.717, 1.165) is 11.3 Å². The number of ether oxygens (including phenoxy) is 1. The molecule has 0 unspecified atom stereocenters. The summed E-state index contributed by atoms with van der Waals surface area (Å²) in [6, 6.07) is 8.10. The van der Waals surface area contributed by atoms with E-state index in [1.807, 2.05) is 52.1 Å². The highest BCUT2D eigenvalue weighted by molar-refractivity contribution is 5.67. The zero-order valence-corrected chi connectivity index (χ0v) is 13.5. The molecule has 22 heavy (non-hydrogen) atoms. The van der Waals surface area contributed by atoms with Crippen LogP contribution in [0.4, 0.5) is 4.79 Å². The number of hydrogen-bond donors (Lipinski definition) is 1. The highest BCUT2D eigenvalue weighted by Crippen LogP contribution is 2.16. The highest BCUT2D eigenvalue weighted by Gasteiger charge is 2.15. The fraction of sp³-hybridized carbons (Fsp3) is 0.438. The summed E-state index contributed by atoms with van der Waals surface area (Å²) in [5.74, 6) is 0. The summed E-state index contributed by atoms with van der Waals surface area (Å²) < 4.78 is 6.87. The molecule has 1 heterocycles. The summed E-state index contributed by atoms with van der Waals surface area (Å²) in [6.45, 7) is 8.51. The number of nitrogens with one attached hydrogen (secondary N) is 1. The third-order valence-corrected chi connectivity index (χ3v) is 2.86. The lowest BCUT2D eigenvalue weighted by molar-refractivity contribution is 0.0525. The maximum absolute atomic E-state index is 11.5. The molecule has 1 aromatic heterocycles. The number of hydrogen-bond acceptors (Lipinski definition) is 4. The predicted molar refractivity (Wildman–Crippen MR) is 84.4 cm³/mol. The van der Waals surface area contributed by atoms with Crippen LogP contribution in [0.15, 0.2) is 30.5 Å². The van der Waals surface area contributed by atoms with Crippen LogP contribution in [0, 0.1) is 6.92 Å². The molecule has 0 aliphatic rings. The molecule has 1 aromatic carbocycles. The average molecular weight is 302 g/mol. The Kier molecular flexibility index (Phi) is 4.80. The number of carbonyl (C=O) groups excluding carboxylic acids is 1. The smallest absolute Gasteiger partial charge is 0.407 e. The van der Waals surface area contributed by atoms with Crippen molar-refractivity contribution < 1.29 is 9.53 Å². The second-order valence-corrected chi connectivity index (χ2v) is 6.17. The molecule has 6 nitrogen and oxygen atoms in total. The number of rotatable bonds is 4. The molecule has 0 aliphatic heterocycles. The maximum atomic E-state index is 11.5. The van der Waals surface area contributed by atoms with Gasteiger partial charge in [-0.05, 0) is 33.8 Å². The Labute approximate surface area is 130 Å². The minimum absolute atomic E-state index is 0.425. The highest BCUT2D eigenvalue weighted by atomic mass is 16.6. The molecule has 0 spiro atoms. The molecule has 2 rings (SSSR count). The van der Waals surface area contributed by atoms with Crippen LogP contribution in [-0.4, -0.2) is 33.2 Å². The van der Waals surface area contributed by atoms with Crippen LogP contribution in [0.2, 0.25) is 0 Å². The first-order valence-electron chi connectivity index (χ1n) is 7.27. The molecule has 0 saturated carbocycles. The van der Waals surface area contributed by atoms with E-state index in [0.29, 0.717) is 13.1 Å². The molecular weight excluding hydrogens is 280 g/mol. The fourth-order valence-electron chi connectivity index (χ4n) is 1.93. The third-order valence-electron chi connectivity index (χ3n) is 2.86. The van der Waals surface area contributed by atoms with Crippen molar-refractivity contribution in [2.45, 2.75) is 39.8 Å². The predicted octanol–water partition coefficient (Wildman–Crippen LogP) is 2.78. The van der Waals surface area contributed by atoms with E-state index >= 15 is 0 Å². The second-order valence-electron chi connectivity index (χ2n) is 6.17. The van der Waals surface area contributed by atoms with E-state index in [4.69, 9.17) is 4.74 Å². The van der Waals surface area contributed by atoms with Crippen molar-refractivity contribution >= 4 is 6.09 Å². The standard InChI is InChI=1S/C16H22N4O2/c1-12-6-5-7-13(10-12)14-11-20(19-18-14)9-8-17-15(21)22-16(2,3)4/h5-7,10-11H,8-9H2,1-4H3,(H,17,21). The Balaban J connectivity index is 1.87. The normalized spacial score (nSPS) is 11.3. The van der Waals surface area contributed by atoms with Gasteiger partial charge in [0.25, 0.3) is 0 Å². The van der Waals surface area contributed by atoms with Gasteiger partial charge in [-0.1, -0.05) is 29.0 Å². The Bertz CT molecular complexity index is 644. The lowest BCUT2D eigenvalue weighted by atomic mass is 10.1.